The van der Waals surface area contributed by atoms with Gasteiger partial charge in [0.25, 0.3) is 0 Å². The number of carbonyl (C=O) groups is 3. The number of amides is 2. The Labute approximate surface area is 159 Å². The molecular formula is C19H30N4O4. The minimum atomic E-state index is -1.14. The van der Waals surface area contributed by atoms with Gasteiger partial charge >= 0.3 is 5.97 Å². The molecule has 0 spiro atoms. The number of benzene rings is 1. The lowest BCUT2D eigenvalue weighted by Crippen LogP contribution is -2.53. The van der Waals surface area contributed by atoms with E-state index in [2.05, 4.69) is 10.6 Å². The van der Waals surface area contributed by atoms with Gasteiger partial charge in [-0.05, 0) is 31.9 Å². The number of rotatable bonds is 12. The van der Waals surface area contributed by atoms with Crippen molar-refractivity contribution >= 4 is 17.8 Å². The van der Waals surface area contributed by atoms with E-state index in [9.17, 15) is 19.5 Å². The Bertz CT molecular complexity index is 609. The van der Waals surface area contributed by atoms with E-state index in [1.807, 2.05) is 6.07 Å². The average Bonchev–Trinajstić information content (AvgIpc) is 2.65. The van der Waals surface area contributed by atoms with Crippen LogP contribution < -0.4 is 22.1 Å². The third kappa shape index (κ3) is 8.65. The summed E-state index contributed by atoms with van der Waals surface area (Å²) >= 11 is 0. The largest absolute Gasteiger partial charge is 0.480 e. The highest BCUT2D eigenvalue weighted by atomic mass is 16.4. The van der Waals surface area contributed by atoms with E-state index in [1.54, 1.807) is 24.3 Å². The first-order valence-electron chi connectivity index (χ1n) is 9.18. The van der Waals surface area contributed by atoms with E-state index >= 15 is 0 Å². The van der Waals surface area contributed by atoms with Crippen LogP contribution in [0.2, 0.25) is 0 Å². The van der Waals surface area contributed by atoms with Gasteiger partial charge in [-0.2, -0.15) is 0 Å². The molecule has 0 bridgehead atoms. The summed E-state index contributed by atoms with van der Waals surface area (Å²) < 4.78 is 0. The quantitative estimate of drug-likeness (QED) is 0.327. The standard InChI is InChI=1S/C19H30N4O4/c1-13(22-18(25)15(21)10-6-3-7-11-20)17(24)23-16(19(26)27)12-14-8-4-2-5-9-14/h2,4-5,8-9,13,15-16H,3,6-7,10-12,20-21H2,1H3,(H,22,25)(H,23,24)(H,26,27)/t13-,15-,16-/m0/s1. The summed E-state index contributed by atoms with van der Waals surface area (Å²) in [5.74, 6) is -2.13. The molecule has 1 aromatic rings. The van der Waals surface area contributed by atoms with E-state index in [1.165, 1.54) is 6.92 Å². The summed E-state index contributed by atoms with van der Waals surface area (Å²) in [5.41, 5.74) is 12.0. The van der Waals surface area contributed by atoms with Crippen LogP contribution in [0.25, 0.3) is 0 Å². The van der Waals surface area contributed by atoms with Gasteiger partial charge in [-0.3, -0.25) is 9.59 Å². The number of carboxylic acid groups (broad SMARTS) is 1. The normalized spacial score (nSPS) is 14.0. The third-order valence-corrected chi connectivity index (χ3v) is 4.21. The van der Waals surface area contributed by atoms with E-state index in [-0.39, 0.29) is 6.42 Å². The zero-order valence-corrected chi connectivity index (χ0v) is 15.7. The van der Waals surface area contributed by atoms with Crippen LogP contribution in [-0.2, 0) is 20.8 Å². The topological polar surface area (TPSA) is 148 Å². The highest BCUT2D eigenvalue weighted by Crippen LogP contribution is 2.05. The van der Waals surface area contributed by atoms with E-state index in [0.29, 0.717) is 13.0 Å². The predicted molar refractivity (Wildman–Crippen MR) is 103 cm³/mol. The summed E-state index contributed by atoms with van der Waals surface area (Å²) in [4.78, 5) is 35.8. The van der Waals surface area contributed by atoms with Crippen LogP contribution >= 0.6 is 0 Å². The highest BCUT2D eigenvalue weighted by Gasteiger charge is 2.25. The predicted octanol–water partition coefficient (Wildman–Crippen LogP) is 0.150. The first kappa shape index (κ1) is 22.6. The summed E-state index contributed by atoms with van der Waals surface area (Å²) in [6, 6.07) is 6.33. The Kier molecular flexibility index (Phi) is 10.1. The number of carbonyl (C=O) groups excluding carboxylic acids is 2. The van der Waals surface area contributed by atoms with Gasteiger partial charge in [-0.25, -0.2) is 4.79 Å². The molecular weight excluding hydrogens is 348 g/mol. The second kappa shape index (κ2) is 12.0. The van der Waals surface area contributed by atoms with Crippen LogP contribution in [0.5, 0.6) is 0 Å². The second-order valence-electron chi connectivity index (χ2n) is 6.56. The van der Waals surface area contributed by atoms with E-state index < -0.39 is 35.9 Å². The Balaban J connectivity index is 2.50. The van der Waals surface area contributed by atoms with Crippen molar-refractivity contribution in [3.8, 4) is 0 Å². The molecule has 8 heteroatoms. The lowest BCUT2D eigenvalue weighted by Gasteiger charge is -2.20. The molecule has 0 aliphatic rings. The molecule has 8 nitrogen and oxygen atoms in total. The molecule has 3 atom stereocenters. The molecule has 0 aromatic heterocycles. The summed E-state index contributed by atoms with van der Waals surface area (Å²) in [5, 5.41) is 14.3. The van der Waals surface area contributed by atoms with Crippen molar-refractivity contribution < 1.29 is 19.5 Å². The molecule has 0 unspecified atom stereocenters. The Morgan fingerprint density at radius 2 is 1.70 bits per heavy atom. The molecule has 1 aromatic carbocycles. The minimum absolute atomic E-state index is 0.156. The van der Waals surface area contributed by atoms with Crippen LogP contribution in [0.15, 0.2) is 30.3 Å². The monoisotopic (exact) mass is 378 g/mol. The Morgan fingerprint density at radius 1 is 1.04 bits per heavy atom. The molecule has 27 heavy (non-hydrogen) atoms. The van der Waals surface area contributed by atoms with E-state index in [4.69, 9.17) is 11.5 Å². The molecule has 150 valence electrons. The maximum Gasteiger partial charge on any atom is 0.326 e. The van der Waals surface area contributed by atoms with Gasteiger partial charge in [0.1, 0.15) is 12.1 Å². The number of hydrogen-bond donors (Lipinski definition) is 5. The van der Waals surface area contributed by atoms with Gasteiger partial charge < -0.3 is 27.2 Å². The molecule has 2 amide bonds. The first-order valence-corrected chi connectivity index (χ1v) is 9.18. The van der Waals surface area contributed by atoms with Gasteiger partial charge in [0.2, 0.25) is 11.8 Å². The maximum absolute atomic E-state index is 12.3. The maximum atomic E-state index is 12.3. The Morgan fingerprint density at radius 3 is 2.30 bits per heavy atom. The third-order valence-electron chi connectivity index (χ3n) is 4.21. The Hall–Kier alpha value is -2.45. The van der Waals surface area contributed by atoms with Crippen molar-refractivity contribution in [1.29, 1.82) is 0 Å². The minimum Gasteiger partial charge on any atom is -0.480 e. The van der Waals surface area contributed by atoms with Crippen LogP contribution in [0.1, 0.15) is 38.2 Å². The summed E-state index contributed by atoms with van der Waals surface area (Å²) in [7, 11) is 0. The molecule has 0 aliphatic heterocycles. The molecule has 0 heterocycles. The van der Waals surface area contributed by atoms with Crippen LogP contribution in [-0.4, -0.2) is 47.6 Å². The van der Waals surface area contributed by atoms with Gasteiger partial charge in [-0.1, -0.05) is 43.2 Å². The number of nitrogens with one attached hydrogen (secondary N) is 2. The summed E-state index contributed by atoms with van der Waals surface area (Å²) in [6.45, 7) is 2.10. The van der Waals surface area contributed by atoms with Crippen molar-refractivity contribution in [3.63, 3.8) is 0 Å². The lowest BCUT2D eigenvalue weighted by molar-refractivity contribution is -0.142. The van der Waals surface area contributed by atoms with Gasteiger partial charge in [0.05, 0.1) is 6.04 Å². The lowest BCUT2D eigenvalue weighted by atomic mass is 10.1. The fourth-order valence-electron chi connectivity index (χ4n) is 2.55. The zero-order valence-electron chi connectivity index (χ0n) is 15.7. The fraction of sp³-hybridized carbons (Fsp3) is 0.526. The van der Waals surface area contributed by atoms with Gasteiger partial charge in [0.15, 0.2) is 0 Å². The molecule has 0 aliphatic carbocycles. The van der Waals surface area contributed by atoms with Crippen molar-refractivity contribution in [2.24, 2.45) is 11.5 Å². The van der Waals surface area contributed by atoms with Crippen molar-refractivity contribution in [2.45, 2.75) is 57.2 Å². The first-order chi connectivity index (χ1) is 12.8. The van der Waals surface area contributed by atoms with Crippen LogP contribution in [0.3, 0.4) is 0 Å². The molecule has 1 rings (SSSR count). The molecule has 0 fully saturated rings. The average molecular weight is 378 g/mol. The van der Waals surface area contributed by atoms with Crippen LogP contribution in [0.4, 0.5) is 0 Å². The smallest absolute Gasteiger partial charge is 0.326 e. The SMILES string of the molecule is C[C@H](NC(=O)[C@@H](N)CCCCCN)C(=O)N[C@@H](Cc1ccccc1)C(=O)O. The second-order valence-corrected chi connectivity index (χ2v) is 6.56. The van der Waals surface area contributed by atoms with Gasteiger partial charge in [0, 0.05) is 6.42 Å². The summed E-state index contributed by atoms with van der Waals surface area (Å²) in [6.07, 6.45) is 3.22. The molecule has 7 N–H and O–H groups in total. The van der Waals surface area contributed by atoms with Crippen molar-refractivity contribution in [1.82, 2.24) is 10.6 Å². The van der Waals surface area contributed by atoms with Crippen molar-refractivity contribution in [3.05, 3.63) is 35.9 Å². The molecule has 0 radical (unpaired) electrons. The molecule has 0 saturated carbocycles. The zero-order chi connectivity index (χ0) is 20.2. The number of hydrogen-bond acceptors (Lipinski definition) is 5. The number of carboxylic acids is 1. The molecule has 0 saturated heterocycles. The van der Waals surface area contributed by atoms with E-state index in [0.717, 1.165) is 24.8 Å². The van der Waals surface area contributed by atoms with Crippen LogP contribution in [0, 0.1) is 0 Å². The number of nitrogens with two attached hydrogens (primary N) is 2. The van der Waals surface area contributed by atoms with Crippen molar-refractivity contribution in [2.75, 3.05) is 6.54 Å². The number of unbranched alkanes of at least 4 members (excludes halogenated alkanes) is 2. The van der Waals surface area contributed by atoms with Gasteiger partial charge in [-0.15, -0.1) is 0 Å². The fourth-order valence-corrected chi connectivity index (χ4v) is 2.55. The highest BCUT2D eigenvalue weighted by molar-refractivity contribution is 5.91. The number of aliphatic carboxylic acids is 1.